The SMILES string of the molecule is Cc1ccc(-c2ccc(N3CCN(C4CCCCC4)CC3)nn2)cc1S(=O)(=O)N1CCCC1. The summed E-state index contributed by atoms with van der Waals surface area (Å²) in [7, 11) is -3.47. The first-order valence-corrected chi connectivity index (χ1v) is 13.9. The number of benzene rings is 1. The van der Waals surface area contributed by atoms with Crippen LogP contribution in [0.4, 0.5) is 5.82 Å². The van der Waals surface area contributed by atoms with E-state index in [1.165, 1.54) is 32.1 Å². The van der Waals surface area contributed by atoms with Crippen LogP contribution in [0, 0.1) is 6.92 Å². The molecule has 0 radical (unpaired) electrons. The molecular weight excluding hydrogens is 434 g/mol. The van der Waals surface area contributed by atoms with E-state index < -0.39 is 10.0 Å². The molecular formula is C25H35N5O2S. The number of hydrogen-bond acceptors (Lipinski definition) is 6. The highest BCUT2D eigenvalue weighted by molar-refractivity contribution is 7.89. The van der Waals surface area contributed by atoms with Gasteiger partial charge in [-0.2, -0.15) is 4.31 Å². The molecule has 2 aliphatic heterocycles. The number of nitrogens with zero attached hydrogens (tertiary/aromatic N) is 5. The minimum Gasteiger partial charge on any atom is -0.353 e. The van der Waals surface area contributed by atoms with Crippen LogP contribution in [0.5, 0.6) is 0 Å². The van der Waals surface area contributed by atoms with Gasteiger partial charge in [0.05, 0.1) is 10.6 Å². The van der Waals surface area contributed by atoms with E-state index in [2.05, 4.69) is 20.0 Å². The molecule has 1 aliphatic carbocycles. The van der Waals surface area contributed by atoms with Crippen LogP contribution in [0.3, 0.4) is 0 Å². The van der Waals surface area contributed by atoms with Crippen molar-refractivity contribution in [3.05, 3.63) is 35.9 Å². The van der Waals surface area contributed by atoms with Gasteiger partial charge in [0.25, 0.3) is 0 Å². The fourth-order valence-corrected chi connectivity index (χ4v) is 7.28. The van der Waals surface area contributed by atoms with Gasteiger partial charge >= 0.3 is 0 Å². The van der Waals surface area contributed by atoms with Gasteiger partial charge in [-0.05, 0) is 56.4 Å². The van der Waals surface area contributed by atoms with Crippen LogP contribution in [0.25, 0.3) is 11.3 Å². The molecule has 0 N–H and O–H groups in total. The molecule has 33 heavy (non-hydrogen) atoms. The van der Waals surface area contributed by atoms with Gasteiger partial charge in [-0.15, -0.1) is 10.2 Å². The number of rotatable bonds is 5. The Morgan fingerprint density at radius 2 is 1.55 bits per heavy atom. The van der Waals surface area contributed by atoms with Crippen LogP contribution in [-0.4, -0.2) is 73.1 Å². The predicted octanol–water partition coefficient (Wildman–Crippen LogP) is 3.69. The van der Waals surface area contributed by atoms with Crippen molar-refractivity contribution >= 4 is 15.8 Å². The molecule has 1 saturated carbocycles. The Morgan fingerprint density at radius 3 is 2.21 bits per heavy atom. The largest absolute Gasteiger partial charge is 0.353 e. The predicted molar refractivity (Wildman–Crippen MR) is 131 cm³/mol. The fourth-order valence-electron chi connectivity index (χ4n) is 5.52. The molecule has 178 valence electrons. The molecule has 2 saturated heterocycles. The molecule has 3 heterocycles. The van der Waals surface area contributed by atoms with Gasteiger partial charge in [-0.3, -0.25) is 4.90 Å². The van der Waals surface area contributed by atoms with E-state index in [1.807, 2.05) is 31.2 Å². The third-order valence-corrected chi connectivity index (χ3v) is 9.59. The van der Waals surface area contributed by atoms with Gasteiger partial charge in [-0.25, -0.2) is 8.42 Å². The van der Waals surface area contributed by atoms with E-state index in [0.29, 0.717) is 23.7 Å². The molecule has 0 unspecified atom stereocenters. The summed E-state index contributed by atoms with van der Waals surface area (Å²) in [6, 6.07) is 10.3. The number of aromatic nitrogens is 2. The highest BCUT2D eigenvalue weighted by Gasteiger charge is 2.29. The number of anilines is 1. The van der Waals surface area contributed by atoms with Crippen LogP contribution >= 0.6 is 0 Å². The first-order valence-electron chi connectivity index (χ1n) is 12.5. The van der Waals surface area contributed by atoms with Crippen molar-refractivity contribution in [2.45, 2.75) is 62.8 Å². The summed E-state index contributed by atoms with van der Waals surface area (Å²) in [6.45, 7) is 7.20. The zero-order valence-electron chi connectivity index (χ0n) is 19.6. The molecule has 3 aliphatic rings. The first kappa shape index (κ1) is 22.7. The van der Waals surface area contributed by atoms with Crippen LogP contribution in [0.1, 0.15) is 50.5 Å². The Morgan fingerprint density at radius 1 is 0.818 bits per heavy atom. The molecule has 5 rings (SSSR count). The summed E-state index contributed by atoms with van der Waals surface area (Å²) >= 11 is 0. The molecule has 1 aromatic heterocycles. The van der Waals surface area contributed by atoms with Crippen molar-refractivity contribution in [1.82, 2.24) is 19.4 Å². The van der Waals surface area contributed by atoms with Crippen LogP contribution in [0.15, 0.2) is 35.2 Å². The number of piperazine rings is 1. The molecule has 7 nitrogen and oxygen atoms in total. The van der Waals surface area contributed by atoms with Crippen LogP contribution < -0.4 is 4.90 Å². The maximum atomic E-state index is 13.1. The van der Waals surface area contributed by atoms with Gasteiger partial charge in [-0.1, -0.05) is 31.4 Å². The van der Waals surface area contributed by atoms with Crippen molar-refractivity contribution < 1.29 is 8.42 Å². The fraction of sp³-hybridized carbons (Fsp3) is 0.600. The Labute approximate surface area is 197 Å². The van der Waals surface area contributed by atoms with E-state index >= 15 is 0 Å². The topological polar surface area (TPSA) is 69.6 Å². The molecule has 0 spiro atoms. The lowest BCUT2D eigenvalue weighted by atomic mass is 9.94. The lowest BCUT2D eigenvalue weighted by Crippen LogP contribution is -2.51. The second kappa shape index (κ2) is 9.68. The highest BCUT2D eigenvalue weighted by atomic mass is 32.2. The molecule has 1 aromatic carbocycles. The van der Waals surface area contributed by atoms with Crippen LogP contribution in [-0.2, 0) is 10.0 Å². The third kappa shape index (κ3) is 4.79. The molecule has 8 heteroatoms. The number of aryl methyl sites for hydroxylation is 1. The van der Waals surface area contributed by atoms with E-state index in [0.717, 1.165) is 62.0 Å². The van der Waals surface area contributed by atoms with Gasteiger partial charge in [0.1, 0.15) is 0 Å². The standard InChI is InChI=1S/C25H35N5O2S/c1-20-9-10-21(19-24(20)33(31,32)30-13-5-6-14-30)23-11-12-25(27-26-23)29-17-15-28(16-18-29)22-7-3-2-4-8-22/h9-12,19,22H,2-8,13-18H2,1H3. The minimum atomic E-state index is -3.47. The molecule has 3 fully saturated rings. The lowest BCUT2D eigenvalue weighted by molar-refractivity contribution is 0.147. The third-order valence-electron chi connectivity index (χ3n) is 7.55. The summed E-state index contributed by atoms with van der Waals surface area (Å²) in [6.07, 6.45) is 8.70. The van der Waals surface area contributed by atoms with Crippen molar-refractivity contribution in [2.75, 3.05) is 44.2 Å². The zero-order chi connectivity index (χ0) is 22.8. The number of hydrogen-bond donors (Lipinski definition) is 0. The second-order valence-corrected chi connectivity index (χ2v) is 11.6. The maximum Gasteiger partial charge on any atom is 0.243 e. The molecule has 0 atom stereocenters. The summed E-state index contributed by atoms with van der Waals surface area (Å²) in [4.78, 5) is 5.35. The van der Waals surface area contributed by atoms with Crippen molar-refractivity contribution in [3.63, 3.8) is 0 Å². The average molecular weight is 470 g/mol. The van der Waals surface area contributed by atoms with E-state index in [1.54, 1.807) is 10.4 Å². The van der Waals surface area contributed by atoms with E-state index in [9.17, 15) is 8.42 Å². The highest BCUT2D eigenvalue weighted by Crippen LogP contribution is 2.29. The second-order valence-electron chi connectivity index (χ2n) is 9.68. The van der Waals surface area contributed by atoms with Crippen molar-refractivity contribution in [1.29, 1.82) is 0 Å². The molecule has 2 aromatic rings. The van der Waals surface area contributed by atoms with Gasteiger partial charge in [0, 0.05) is 50.9 Å². The normalized spacial score (nSPS) is 21.5. The van der Waals surface area contributed by atoms with Gasteiger partial charge in [0.2, 0.25) is 10.0 Å². The lowest BCUT2D eigenvalue weighted by Gasteiger charge is -2.41. The van der Waals surface area contributed by atoms with Crippen LogP contribution in [0.2, 0.25) is 0 Å². The monoisotopic (exact) mass is 469 g/mol. The van der Waals surface area contributed by atoms with Gasteiger partial charge < -0.3 is 4.90 Å². The average Bonchev–Trinajstić information content (AvgIpc) is 3.41. The molecule has 0 amide bonds. The minimum absolute atomic E-state index is 0.381. The van der Waals surface area contributed by atoms with Crippen molar-refractivity contribution in [2.24, 2.45) is 0 Å². The summed E-state index contributed by atoms with van der Waals surface area (Å²) in [5.74, 6) is 0.902. The smallest absolute Gasteiger partial charge is 0.243 e. The quantitative estimate of drug-likeness (QED) is 0.665. The maximum absolute atomic E-state index is 13.1. The summed E-state index contributed by atoms with van der Waals surface area (Å²) in [5, 5.41) is 8.98. The van der Waals surface area contributed by atoms with Crippen molar-refractivity contribution in [3.8, 4) is 11.3 Å². The molecule has 0 bridgehead atoms. The summed E-state index contributed by atoms with van der Waals surface area (Å²) < 4.78 is 27.8. The zero-order valence-corrected chi connectivity index (χ0v) is 20.4. The Hall–Kier alpha value is -2.03. The van der Waals surface area contributed by atoms with E-state index in [-0.39, 0.29) is 0 Å². The van der Waals surface area contributed by atoms with Gasteiger partial charge in [0.15, 0.2) is 5.82 Å². The number of sulfonamides is 1. The summed E-state index contributed by atoms with van der Waals surface area (Å²) in [5.41, 5.74) is 2.27. The Bertz CT molecular complexity index is 1050. The first-order chi connectivity index (χ1) is 16.0. The Kier molecular flexibility index (Phi) is 6.67. The van der Waals surface area contributed by atoms with E-state index in [4.69, 9.17) is 0 Å². The Balaban J connectivity index is 1.28.